The second-order valence-corrected chi connectivity index (χ2v) is 10.3. The van der Waals surface area contributed by atoms with E-state index in [0.29, 0.717) is 13.0 Å². The Kier molecular flexibility index (Phi) is 6.55. The molecule has 9 heteroatoms. The molecule has 1 aliphatic rings. The number of para-hydroxylation sites is 1. The summed E-state index contributed by atoms with van der Waals surface area (Å²) in [7, 11) is 3.39. The van der Waals surface area contributed by atoms with Gasteiger partial charge in [-0.3, -0.25) is 9.59 Å². The molecule has 36 heavy (non-hydrogen) atoms. The van der Waals surface area contributed by atoms with Gasteiger partial charge in [0.2, 0.25) is 0 Å². The number of ether oxygens (including phenoxy) is 1. The van der Waals surface area contributed by atoms with Crippen molar-refractivity contribution in [2.75, 3.05) is 13.7 Å². The fourth-order valence-corrected chi connectivity index (χ4v) is 6.22. The minimum atomic E-state index is -0.762. The highest BCUT2D eigenvalue weighted by molar-refractivity contribution is 7.10. The summed E-state index contributed by atoms with van der Waals surface area (Å²) in [5, 5.41) is 14.8. The zero-order valence-electron chi connectivity index (χ0n) is 19.5. The minimum absolute atomic E-state index is 0.0167. The number of carbonyl (C=O) groups excluding carboxylic acids is 2. The van der Waals surface area contributed by atoms with Crippen molar-refractivity contribution in [2.45, 2.75) is 12.5 Å². The van der Waals surface area contributed by atoms with E-state index in [4.69, 9.17) is 27.9 Å². The van der Waals surface area contributed by atoms with Crippen molar-refractivity contribution in [3.63, 3.8) is 0 Å². The fraction of sp³-hybridized carbons (Fsp3) is 0.185. The van der Waals surface area contributed by atoms with E-state index in [9.17, 15) is 14.7 Å². The third-order valence-corrected chi connectivity index (χ3v) is 7.85. The van der Waals surface area contributed by atoms with E-state index in [1.165, 1.54) is 35.5 Å². The van der Waals surface area contributed by atoms with Crippen LogP contribution in [-0.2, 0) is 23.1 Å². The lowest BCUT2D eigenvalue weighted by molar-refractivity contribution is -0.139. The predicted octanol–water partition coefficient (Wildman–Crippen LogP) is 6.22. The van der Waals surface area contributed by atoms with Crippen molar-refractivity contribution in [3.05, 3.63) is 91.7 Å². The number of carbonyl (C=O) groups is 2. The first-order valence-corrected chi connectivity index (χ1v) is 12.8. The Labute approximate surface area is 221 Å². The Balaban J connectivity index is 1.59. The Morgan fingerprint density at radius 2 is 1.92 bits per heavy atom. The summed E-state index contributed by atoms with van der Waals surface area (Å²) in [4.78, 5) is 28.9. The molecule has 4 aromatic rings. The zero-order valence-corrected chi connectivity index (χ0v) is 21.8. The van der Waals surface area contributed by atoms with E-state index in [1.54, 1.807) is 0 Å². The molecule has 3 heterocycles. The number of aliphatic hydroxyl groups is 1. The molecule has 0 radical (unpaired) electrons. The average Bonchev–Trinajstić information content (AvgIpc) is 3.56. The van der Waals surface area contributed by atoms with Gasteiger partial charge in [0.1, 0.15) is 11.5 Å². The van der Waals surface area contributed by atoms with Gasteiger partial charge >= 0.3 is 0 Å². The molecule has 2 aromatic heterocycles. The second kappa shape index (κ2) is 9.65. The van der Waals surface area contributed by atoms with Gasteiger partial charge in [0.05, 0.1) is 29.3 Å². The molecule has 1 atom stereocenters. The van der Waals surface area contributed by atoms with Gasteiger partial charge in [-0.05, 0) is 41.6 Å². The number of likely N-dealkylation sites (tertiary alicyclic amines) is 1. The third kappa shape index (κ3) is 4.07. The Morgan fingerprint density at radius 1 is 1.14 bits per heavy atom. The molecule has 1 aliphatic heterocycles. The number of hydrogen-bond acceptors (Lipinski definition) is 5. The number of aromatic nitrogens is 1. The number of thiophene rings is 1. The van der Waals surface area contributed by atoms with E-state index in [1.807, 2.05) is 59.6 Å². The third-order valence-electron chi connectivity index (χ3n) is 6.42. The maximum atomic E-state index is 13.3. The average molecular weight is 541 g/mol. The molecule has 6 nitrogen and oxygen atoms in total. The Morgan fingerprint density at radius 3 is 2.64 bits per heavy atom. The number of Topliss-reactive ketones (excluding diaryl/α,β-unsaturated/α-hetero) is 1. The quantitative estimate of drug-likeness (QED) is 0.179. The van der Waals surface area contributed by atoms with E-state index in [-0.39, 0.29) is 32.7 Å². The molecule has 5 rings (SSSR count). The van der Waals surface area contributed by atoms with Crippen LogP contribution >= 0.6 is 34.5 Å². The number of methoxy groups -OCH3 is 1. The Bertz CT molecular complexity index is 1520. The van der Waals surface area contributed by atoms with Gasteiger partial charge < -0.3 is 19.3 Å². The number of amides is 1. The van der Waals surface area contributed by atoms with E-state index < -0.39 is 17.7 Å². The van der Waals surface area contributed by atoms with E-state index in [2.05, 4.69) is 0 Å². The molecule has 1 unspecified atom stereocenters. The van der Waals surface area contributed by atoms with Crippen molar-refractivity contribution in [1.29, 1.82) is 0 Å². The lowest BCUT2D eigenvalue weighted by atomic mass is 9.99. The van der Waals surface area contributed by atoms with Crippen LogP contribution in [0, 0.1) is 0 Å². The van der Waals surface area contributed by atoms with Crippen LogP contribution in [0.4, 0.5) is 0 Å². The molecule has 1 amide bonds. The highest BCUT2D eigenvalue weighted by Gasteiger charge is 2.46. The highest BCUT2D eigenvalue weighted by atomic mass is 35.5. The minimum Gasteiger partial charge on any atom is -0.507 e. The van der Waals surface area contributed by atoms with Crippen molar-refractivity contribution in [1.82, 2.24) is 9.47 Å². The summed E-state index contributed by atoms with van der Waals surface area (Å²) in [6.45, 7) is 0.297. The zero-order chi connectivity index (χ0) is 25.6. The largest absolute Gasteiger partial charge is 0.507 e. The molecule has 0 aliphatic carbocycles. The first kappa shape index (κ1) is 24.4. The second-order valence-electron chi connectivity index (χ2n) is 8.51. The predicted molar refractivity (Wildman–Crippen MR) is 143 cm³/mol. The first-order valence-electron chi connectivity index (χ1n) is 11.2. The van der Waals surface area contributed by atoms with Crippen LogP contribution in [0.2, 0.25) is 10.0 Å². The van der Waals surface area contributed by atoms with Crippen LogP contribution in [0.3, 0.4) is 0 Å². The van der Waals surface area contributed by atoms with Crippen LogP contribution < -0.4 is 4.74 Å². The normalized spacial score (nSPS) is 17.3. The van der Waals surface area contributed by atoms with Crippen LogP contribution in [0.5, 0.6) is 5.75 Å². The highest BCUT2D eigenvalue weighted by Crippen LogP contribution is 2.44. The Hall–Kier alpha value is -3.26. The maximum Gasteiger partial charge on any atom is 0.295 e. The van der Waals surface area contributed by atoms with Gasteiger partial charge in [-0.1, -0.05) is 47.5 Å². The number of aliphatic hydroxyl groups excluding tert-OH is 1. The molecular formula is C27H22Cl2N2O4S. The summed E-state index contributed by atoms with van der Waals surface area (Å²) >= 11 is 13.9. The number of nitrogens with zero attached hydrogens (tertiary/aromatic N) is 2. The smallest absolute Gasteiger partial charge is 0.295 e. The lowest BCUT2D eigenvalue weighted by Gasteiger charge is -2.24. The fourth-order valence-electron chi connectivity index (χ4n) is 4.81. The molecule has 2 aromatic carbocycles. The van der Waals surface area contributed by atoms with Crippen molar-refractivity contribution in [2.24, 2.45) is 7.05 Å². The van der Waals surface area contributed by atoms with Crippen LogP contribution in [0.15, 0.2) is 65.7 Å². The molecule has 0 bridgehead atoms. The molecule has 0 saturated carbocycles. The van der Waals surface area contributed by atoms with Crippen LogP contribution in [-0.4, -0.2) is 39.9 Å². The number of hydrogen-bond donors (Lipinski definition) is 1. The summed E-state index contributed by atoms with van der Waals surface area (Å²) in [6.07, 6.45) is 2.59. The lowest BCUT2D eigenvalue weighted by Crippen LogP contribution is -2.31. The summed E-state index contributed by atoms with van der Waals surface area (Å²) in [5.74, 6) is -1.63. The number of ketones is 1. The molecule has 1 N–H and O–H groups in total. The topological polar surface area (TPSA) is 71.8 Å². The number of benzene rings is 2. The monoisotopic (exact) mass is 540 g/mol. The number of fused-ring (bicyclic) bond motifs is 1. The molecule has 0 spiro atoms. The SMILES string of the molecule is COc1c(Cl)cc(Cl)cc1/C(O)=C1/C(=O)C(=O)N(CCc2cn(C)c3ccccc23)C1c1cccs1. The molecule has 1 fully saturated rings. The van der Waals surface area contributed by atoms with Crippen LogP contribution in [0.25, 0.3) is 16.7 Å². The van der Waals surface area contributed by atoms with Crippen molar-refractivity contribution in [3.8, 4) is 5.75 Å². The van der Waals surface area contributed by atoms with Gasteiger partial charge in [-0.2, -0.15) is 0 Å². The van der Waals surface area contributed by atoms with Gasteiger partial charge in [0.15, 0.2) is 0 Å². The van der Waals surface area contributed by atoms with Crippen molar-refractivity contribution < 1.29 is 19.4 Å². The van der Waals surface area contributed by atoms with Gasteiger partial charge in [-0.15, -0.1) is 11.3 Å². The number of aryl methyl sites for hydroxylation is 1. The van der Waals surface area contributed by atoms with Gasteiger partial charge in [0, 0.05) is 40.6 Å². The molecular weight excluding hydrogens is 519 g/mol. The van der Waals surface area contributed by atoms with Gasteiger partial charge in [-0.25, -0.2) is 0 Å². The first-order chi connectivity index (χ1) is 17.3. The van der Waals surface area contributed by atoms with E-state index in [0.717, 1.165) is 21.3 Å². The van der Waals surface area contributed by atoms with Crippen LogP contribution in [0.1, 0.15) is 22.0 Å². The summed E-state index contributed by atoms with van der Waals surface area (Å²) < 4.78 is 7.43. The number of rotatable bonds is 6. The molecule has 1 saturated heterocycles. The standard InChI is InChI=1S/C27H22Cl2N2O4S/c1-30-14-15(17-6-3-4-7-20(17)30)9-10-31-23(21-8-5-11-36-21)22(25(33)27(31)34)24(32)18-12-16(28)13-19(29)26(18)35-2/h3-8,11-14,23,32H,9-10H2,1-2H3/b24-22-. The van der Waals surface area contributed by atoms with Gasteiger partial charge in [0.25, 0.3) is 11.7 Å². The summed E-state index contributed by atoms with van der Waals surface area (Å²) in [5.41, 5.74) is 2.30. The number of halogens is 2. The van der Waals surface area contributed by atoms with E-state index >= 15 is 0 Å². The van der Waals surface area contributed by atoms with Crippen molar-refractivity contribution >= 4 is 62.9 Å². The molecule has 184 valence electrons. The maximum absolute atomic E-state index is 13.3. The summed E-state index contributed by atoms with van der Waals surface area (Å²) in [6, 6.07) is 14.0.